The van der Waals surface area contributed by atoms with E-state index in [1.807, 2.05) is 42.1 Å². The maximum atomic E-state index is 5.95. The number of fused-ring (bicyclic) bond motifs is 1. The fourth-order valence-electron chi connectivity index (χ4n) is 2.53. The Bertz CT molecular complexity index is 850. The number of thioether (sulfide) groups is 1. The molecule has 0 spiro atoms. The topological polar surface area (TPSA) is 20.7 Å². The van der Waals surface area contributed by atoms with Gasteiger partial charge in [0.05, 0.1) is 10.9 Å². The first-order valence-electron chi connectivity index (χ1n) is 6.56. The summed E-state index contributed by atoms with van der Waals surface area (Å²) in [4.78, 5) is 3.35. The molecule has 1 unspecified atom stereocenters. The monoisotopic (exact) mass is 330 g/mol. The van der Waals surface area contributed by atoms with Crippen molar-refractivity contribution in [3.63, 3.8) is 0 Å². The van der Waals surface area contributed by atoms with Gasteiger partial charge in [-0.2, -0.15) is 0 Å². The van der Waals surface area contributed by atoms with Crippen LogP contribution in [0.3, 0.4) is 0 Å². The molecule has 104 valence electrons. The van der Waals surface area contributed by atoms with Crippen molar-refractivity contribution in [3.05, 3.63) is 75.6 Å². The van der Waals surface area contributed by atoms with Gasteiger partial charge in [0.1, 0.15) is 5.03 Å². The summed E-state index contributed by atoms with van der Waals surface area (Å²) in [5.41, 5.74) is 3.53. The molecule has 21 heavy (non-hydrogen) atoms. The quantitative estimate of drug-likeness (QED) is 0.636. The summed E-state index contributed by atoms with van der Waals surface area (Å²) in [5.74, 6) is 0. The average molecular weight is 331 g/mol. The van der Waals surface area contributed by atoms with Crippen molar-refractivity contribution in [2.24, 2.45) is 0 Å². The Morgan fingerprint density at radius 1 is 1.05 bits per heavy atom. The molecule has 2 aromatic carbocycles. The van der Waals surface area contributed by atoms with Gasteiger partial charge in [0, 0.05) is 10.7 Å². The van der Waals surface area contributed by atoms with E-state index in [9.17, 15) is 0 Å². The lowest BCUT2D eigenvalue weighted by Gasteiger charge is -2.27. The van der Waals surface area contributed by atoms with Crippen molar-refractivity contribution in [1.82, 2.24) is 9.55 Å². The molecule has 0 amide bonds. The molecular weight excluding hydrogens is 320 g/mol. The van der Waals surface area contributed by atoms with Gasteiger partial charge in [-0.1, -0.05) is 53.7 Å². The number of imidazole rings is 1. The van der Waals surface area contributed by atoms with Crippen molar-refractivity contribution in [1.29, 1.82) is 0 Å². The van der Waals surface area contributed by atoms with Crippen LogP contribution >= 0.6 is 35.6 Å². The number of aromatic nitrogens is 2. The van der Waals surface area contributed by atoms with Crippen molar-refractivity contribution in [3.8, 4) is 5.69 Å². The molecule has 1 aliphatic heterocycles. The highest BCUT2D eigenvalue weighted by Crippen LogP contribution is 2.53. The predicted octanol–water partition coefficient (Wildman–Crippen LogP) is 5.38. The number of aromatic amines is 1. The van der Waals surface area contributed by atoms with E-state index in [0.717, 1.165) is 15.5 Å². The van der Waals surface area contributed by atoms with Gasteiger partial charge in [0.15, 0.2) is 4.77 Å². The number of benzene rings is 2. The van der Waals surface area contributed by atoms with Gasteiger partial charge in [-0.3, -0.25) is 4.57 Å². The molecule has 1 aromatic heterocycles. The third-order valence-corrected chi connectivity index (χ3v) is 5.46. The second kappa shape index (κ2) is 5.05. The molecule has 0 saturated carbocycles. The summed E-state index contributed by atoms with van der Waals surface area (Å²) in [6, 6.07) is 18.2. The van der Waals surface area contributed by atoms with E-state index in [-0.39, 0.29) is 0 Å². The summed E-state index contributed by atoms with van der Waals surface area (Å²) in [5, 5.41) is 2.27. The van der Waals surface area contributed by atoms with Crippen LogP contribution in [-0.4, -0.2) is 9.55 Å². The molecule has 2 heterocycles. The molecule has 1 atom stereocenters. The number of nitrogens with one attached hydrogen (secondary N) is 1. The second-order valence-corrected chi connectivity index (χ2v) is 6.79. The molecule has 0 bridgehead atoms. The molecule has 0 aliphatic carbocycles. The average Bonchev–Trinajstić information content (AvgIpc) is 2.75. The number of nitrogens with zero attached hydrogens (tertiary/aromatic N) is 1. The zero-order valence-corrected chi connectivity index (χ0v) is 13.3. The third kappa shape index (κ3) is 2.14. The van der Waals surface area contributed by atoms with Crippen molar-refractivity contribution in [2.75, 3.05) is 0 Å². The lowest BCUT2D eigenvalue weighted by Crippen LogP contribution is -2.10. The minimum Gasteiger partial charge on any atom is -0.332 e. The molecular formula is C16H11ClN2S2. The van der Waals surface area contributed by atoms with Gasteiger partial charge < -0.3 is 4.98 Å². The summed E-state index contributed by atoms with van der Waals surface area (Å²) < 4.78 is 2.84. The van der Waals surface area contributed by atoms with Crippen LogP contribution < -0.4 is 0 Å². The fraction of sp³-hybridized carbons (Fsp3) is 0.0625. The normalized spacial score (nSPS) is 16.3. The standard InChI is InChI=1S/C16H11ClN2S2/c17-11-8-6-10(7-9-11)14-13-15(21-14)19(16(20)18-13)12-4-2-1-3-5-12/h1-9,14H,(H,18,20). The van der Waals surface area contributed by atoms with Crippen LogP contribution in [0.15, 0.2) is 59.6 Å². The molecule has 0 radical (unpaired) electrons. The van der Waals surface area contributed by atoms with E-state index in [4.69, 9.17) is 23.8 Å². The second-order valence-electron chi connectivity index (χ2n) is 4.87. The van der Waals surface area contributed by atoms with Gasteiger partial charge in [0.2, 0.25) is 0 Å². The largest absolute Gasteiger partial charge is 0.332 e. The number of rotatable bonds is 2. The first-order chi connectivity index (χ1) is 10.2. The Balaban J connectivity index is 1.76. The highest BCUT2D eigenvalue weighted by molar-refractivity contribution is 8.01. The molecule has 3 aromatic rings. The van der Waals surface area contributed by atoms with Crippen LogP contribution in [0, 0.1) is 4.77 Å². The molecule has 1 aliphatic rings. The fourth-order valence-corrected chi connectivity index (χ4v) is 4.23. The van der Waals surface area contributed by atoms with Crippen LogP contribution in [0.5, 0.6) is 0 Å². The Morgan fingerprint density at radius 2 is 1.76 bits per heavy atom. The first kappa shape index (κ1) is 13.2. The van der Waals surface area contributed by atoms with Crippen LogP contribution in [0.2, 0.25) is 5.02 Å². The lowest BCUT2D eigenvalue weighted by atomic mass is 10.1. The summed E-state index contributed by atoms with van der Waals surface area (Å²) in [6.07, 6.45) is 0. The highest BCUT2D eigenvalue weighted by Gasteiger charge is 2.34. The Kier molecular flexibility index (Phi) is 3.17. The van der Waals surface area contributed by atoms with Gasteiger partial charge in [-0.25, -0.2) is 0 Å². The summed E-state index contributed by atoms with van der Waals surface area (Å²) in [7, 11) is 0. The Morgan fingerprint density at radius 3 is 2.48 bits per heavy atom. The van der Waals surface area contributed by atoms with Gasteiger partial charge in [-0.05, 0) is 42.0 Å². The van der Waals surface area contributed by atoms with Crippen molar-refractivity contribution < 1.29 is 0 Å². The molecule has 2 nitrogen and oxygen atoms in total. The summed E-state index contributed by atoms with van der Waals surface area (Å²) in [6.45, 7) is 0. The number of H-pyrrole nitrogens is 1. The minimum absolute atomic E-state index is 0.309. The number of halogens is 1. The maximum absolute atomic E-state index is 5.95. The molecule has 4 rings (SSSR count). The molecule has 1 N–H and O–H groups in total. The van der Waals surface area contributed by atoms with Gasteiger partial charge in [-0.15, -0.1) is 0 Å². The molecule has 5 heteroatoms. The number of hydrogen-bond donors (Lipinski definition) is 1. The number of para-hydroxylation sites is 1. The van der Waals surface area contributed by atoms with Crippen LogP contribution in [0.1, 0.15) is 16.5 Å². The van der Waals surface area contributed by atoms with Gasteiger partial charge >= 0.3 is 0 Å². The predicted molar refractivity (Wildman–Crippen MR) is 90.1 cm³/mol. The molecule has 0 saturated heterocycles. The van der Waals surface area contributed by atoms with E-state index in [1.54, 1.807) is 0 Å². The van der Waals surface area contributed by atoms with E-state index >= 15 is 0 Å². The third-order valence-electron chi connectivity index (χ3n) is 3.56. The minimum atomic E-state index is 0.309. The smallest absolute Gasteiger partial charge is 0.182 e. The molecule has 0 fully saturated rings. The number of hydrogen-bond acceptors (Lipinski definition) is 2. The Labute approximate surface area is 136 Å². The Hall–Kier alpha value is -1.49. The van der Waals surface area contributed by atoms with E-state index in [1.165, 1.54) is 16.3 Å². The summed E-state index contributed by atoms with van der Waals surface area (Å²) >= 11 is 13.3. The van der Waals surface area contributed by atoms with Gasteiger partial charge in [0.25, 0.3) is 0 Å². The highest BCUT2D eigenvalue weighted by atomic mass is 35.5. The van der Waals surface area contributed by atoms with Crippen molar-refractivity contribution in [2.45, 2.75) is 10.3 Å². The van der Waals surface area contributed by atoms with E-state index in [0.29, 0.717) is 5.25 Å². The zero-order chi connectivity index (χ0) is 14.4. The van der Waals surface area contributed by atoms with E-state index in [2.05, 4.69) is 33.8 Å². The van der Waals surface area contributed by atoms with Crippen LogP contribution in [0.4, 0.5) is 0 Å². The van der Waals surface area contributed by atoms with Crippen LogP contribution in [-0.2, 0) is 0 Å². The first-order valence-corrected chi connectivity index (χ1v) is 8.23. The van der Waals surface area contributed by atoms with E-state index < -0.39 is 0 Å². The lowest BCUT2D eigenvalue weighted by molar-refractivity contribution is 0.876. The maximum Gasteiger partial charge on any atom is 0.182 e. The van der Waals surface area contributed by atoms with Crippen molar-refractivity contribution >= 4 is 35.6 Å². The SMILES string of the molecule is S=c1[nH]c2c(n1-c1ccccc1)SC2c1ccc(Cl)cc1. The van der Waals surface area contributed by atoms with Crippen LogP contribution in [0.25, 0.3) is 5.69 Å². The zero-order valence-electron chi connectivity index (χ0n) is 10.9.